The van der Waals surface area contributed by atoms with Crippen molar-refractivity contribution in [3.8, 4) is 0 Å². The van der Waals surface area contributed by atoms with Crippen molar-refractivity contribution >= 4 is 17.2 Å². The average Bonchev–Trinajstić information content (AvgIpc) is 2.76. The van der Waals surface area contributed by atoms with Crippen LogP contribution in [0.25, 0.3) is 0 Å². The van der Waals surface area contributed by atoms with E-state index in [1.54, 1.807) is 0 Å². The van der Waals surface area contributed by atoms with Gasteiger partial charge in [0.15, 0.2) is 0 Å². The number of aliphatic hydroxyl groups excluding tert-OH is 1. The van der Waals surface area contributed by atoms with Gasteiger partial charge in [-0.1, -0.05) is 0 Å². The summed E-state index contributed by atoms with van der Waals surface area (Å²) in [6, 6.07) is 0. The number of aliphatic hydroxyl groups is 1. The van der Waals surface area contributed by atoms with E-state index in [4.69, 9.17) is 5.11 Å². The molecule has 0 bridgehead atoms. The number of piperazine rings is 1. The van der Waals surface area contributed by atoms with Crippen LogP contribution in [0.4, 0.5) is 0 Å². The van der Waals surface area contributed by atoms with Crippen molar-refractivity contribution in [3.05, 3.63) is 16.1 Å². The molecule has 2 heterocycles. The zero-order valence-corrected chi connectivity index (χ0v) is 10.7. The second-order valence-corrected chi connectivity index (χ2v) is 5.17. The summed E-state index contributed by atoms with van der Waals surface area (Å²) in [5.74, 6) is 0.0259. The van der Waals surface area contributed by atoms with Gasteiger partial charge in [0.05, 0.1) is 11.6 Å². The molecule has 1 aromatic rings. The van der Waals surface area contributed by atoms with Crippen LogP contribution in [-0.4, -0.2) is 65.1 Å². The molecule has 1 saturated heterocycles. The van der Waals surface area contributed by atoms with Gasteiger partial charge in [0.1, 0.15) is 5.69 Å². The molecule has 1 aromatic heterocycles. The highest BCUT2D eigenvalue weighted by Gasteiger charge is 2.23. The van der Waals surface area contributed by atoms with Gasteiger partial charge in [0.25, 0.3) is 5.91 Å². The van der Waals surface area contributed by atoms with Crippen molar-refractivity contribution in [1.29, 1.82) is 0 Å². The molecule has 0 radical (unpaired) electrons. The fourth-order valence-electron chi connectivity index (χ4n) is 1.94. The van der Waals surface area contributed by atoms with Crippen molar-refractivity contribution in [2.24, 2.45) is 0 Å². The summed E-state index contributed by atoms with van der Waals surface area (Å²) in [7, 11) is 0. The molecule has 1 aliphatic heterocycles. The molecule has 1 amide bonds. The Morgan fingerprint density at radius 2 is 2.18 bits per heavy atom. The monoisotopic (exact) mass is 255 g/mol. The lowest BCUT2D eigenvalue weighted by atomic mass is 10.3. The summed E-state index contributed by atoms with van der Waals surface area (Å²) in [5.41, 5.74) is 0.558. The molecule has 6 heteroatoms. The zero-order valence-electron chi connectivity index (χ0n) is 9.93. The molecule has 1 fully saturated rings. The van der Waals surface area contributed by atoms with Crippen molar-refractivity contribution in [1.82, 2.24) is 14.8 Å². The third-order valence-corrected chi connectivity index (χ3v) is 3.69. The molecule has 1 aliphatic rings. The van der Waals surface area contributed by atoms with Crippen molar-refractivity contribution in [2.75, 3.05) is 39.3 Å². The molecular formula is C11H17N3O2S. The Morgan fingerprint density at radius 3 is 2.71 bits per heavy atom. The third-order valence-electron chi connectivity index (χ3n) is 2.91. The van der Waals surface area contributed by atoms with E-state index in [1.807, 2.05) is 17.2 Å². The predicted octanol–water partition coefficient (Wildman–Crippen LogP) is 0.202. The first kappa shape index (κ1) is 12.5. The number of aryl methyl sites for hydroxylation is 1. The van der Waals surface area contributed by atoms with Crippen LogP contribution in [0, 0.1) is 6.92 Å². The van der Waals surface area contributed by atoms with Gasteiger partial charge in [-0.15, -0.1) is 11.3 Å². The maximum absolute atomic E-state index is 12.1. The van der Waals surface area contributed by atoms with Gasteiger partial charge < -0.3 is 10.0 Å². The highest BCUT2D eigenvalue weighted by Crippen LogP contribution is 2.12. The number of carbonyl (C=O) groups is 1. The summed E-state index contributed by atoms with van der Waals surface area (Å²) < 4.78 is 0. The first-order valence-electron chi connectivity index (χ1n) is 5.75. The van der Waals surface area contributed by atoms with Crippen molar-refractivity contribution < 1.29 is 9.90 Å². The Balaban J connectivity index is 1.90. The molecule has 0 aromatic carbocycles. The number of hydrogen-bond donors (Lipinski definition) is 1. The Morgan fingerprint density at radius 1 is 1.47 bits per heavy atom. The van der Waals surface area contributed by atoms with E-state index in [0.29, 0.717) is 12.2 Å². The summed E-state index contributed by atoms with van der Waals surface area (Å²) in [6.07, 6.45) is 0. The summed E-state index contributed by atoms with van der Waals surface area (Å²) in [6.45, 7) is 5.87. The normalized spacial score (nSPS) is 17.4. The number of carbonyl (C=O) groups excluding carboxylic acids is 1. The minimum atomic E-state index is 0.0259. The lowest BCUT2D eigenvalue weighted by Crippen LogP contribution is -2.49. The number of β-amino-alcohol motifs (C(OH)–C–C–N with tert-alkyl or cyclic N) is 1. The van der Waals surface area contributed by atoms with Crippen LogP contribution >= 0.6 is 11.3 Å². The van der Waals surface area contributed by atoms with E-state index < -0.39 is 0 Å². The van der Waals surface area contributed by atoms with Crippen LogP contribution in [-0.2, 0) is 0 Å². The number of hydrogen-bond acceptors (Lipinski definition) is 5. The average molecular weight is 255 g/mol. The van der Waals surface area contributed by atoms with Crippen LogP contribution in [0.15, 0.2) is 5.38 Å². The molecule has 0 saturated carbocycles. The van der Waals surface area contributed by atoms with Gasteiger partial charge in [0, 0.05) is 38.1 Å². The number of aromatic nitrogens is 1. The molecule has 0 aliphatic carbocycles. The van der Waals surface area contributed by atoms with E-state index in [1.165, 1.54) is 11.3 Å². The Bertz CT molecular complexity index is 386. The van der Waals surface area contributed by atoms with E-state index in [0.717, 1.165) is 31.2 Å². The Kier molecular flexibility index (Phi) is 4.09. The zero-order chi connectivity index (χ0) is 12.3. The summed E-state index contributed by atoms with van der Waals surface area (Å²) in [5, 5.41) is 11.6. The van der Waals surface area contributed by atoms with Gasteiger partial charge in [-0.3, -0.25) is 9.69 Å². The number of nitrogens with zero attached hydrogens (tertiary/aromatic N) is 3. The third kappa shape index (κ3) is 3.02. The summed E-state index contributed by atoms with van der Waals surface area (Å²) in [4.78, 5) is 20.3. The van der Waals surface area contributed by atoms with E-state index in [-0.39, 0.29) is 12.5 Å². The first-order valence-corrected chi connectivity index (χ1v) is 6.63. The first-order chi connectivity index (χ1) is 8.20. The maximum Gasteiger partial charge on any atom is 0.273 e. The van der Waals surface area contributed by atoms with E-state index in [9.17, 15) is 4.79 Å². The minimum absolute atomic E-state index is 0.0259. The minimum Gasteiger partial charge on any atom is -0.395 e. The lowest BCUT2D eigenvalue weighted by Gasteiger charge is -2.33. The van der Waals surface area contributed by atoms with Crippen LogP contribution in [0.5, 0.6) is 0 Å². The number of thiazole rings is 1. The highest BCUT2D eigenvalue weighted by molar-refractivity contribution is 7.09. The molecule has 17 heavy (non-hydrogen) atoms. The van der Waals surface area contributed by atoms with Gasteiger partial charge in [-0.05, 0) is 6.92 Å². The van der Waals surface area contributed by atoms with Gasteiger partial charge in [-0.25, -0.2) is 4.98 Å². The van der Waals surface area contributed by atoms with Gasteiger partial charge in [0.2, 0.25) is 0 Å². The molecule has 94 valence electrons. The molecule has 5 nitrogen and oxygen atoms in total. The Labute approximate surface area is 105 Å². The van der Waals surface area contributed by atoms with E-state index in [2.05, 4.69) is 9.88 Å². The highest BCUT2D eigenvalue weighted by atomic mass is 32.1. The summed E-state index contributed by atoms with van der Waals surface area (Å²) >= 11 is 1.50. The van der Waals surface area contributed by atoms with Crippen LogP contribution in [0.1, 0.15) is 15.5 Å². The predicted molar refractivity (Wildman–Crippen MR) is 66.3 cm³/mol. The van der Waals surface area contributed by atoms with Crippen molar-refractivity contribution in [3.63, 3.8) is 0 Å². The lowest BCUT2D eigenvalue weighted by molar-refractivity contribution is 0.0610. The van der Waals surface area contributed by atoms with Crippen LogP contribution in [0.2, 0.25) is 0 Å². The molecule has 0 spiro atoms. The van der Waals surface area contributed by atoms with E-state index >= 15 is 0 Å². The van der Waals surface area contributed by atoms with Crippen LogP contribution in [0.3, 0.4) is 0 Å². The SMILES string of the molecule is Cc1nc(C(=O)N2CCN(CCO)CC2)cs1. The van der Waals surface area contributed by atoms with Crippen LogP contribution < -0.4 is 0 Å². The fourth-order valence-corrected chi connectivity index (χ4v) is 2.53. The topological polar surface area (TPSA) is 56.7 Å². The molecule has 0 atom stereocenters. The quantitative estimate of drug-likeness (QED) is 0.838. The number of amides is 1. The fraction of sp³-hybridized carbons (Fsp3) is 0.636. The van der Waals surface area contributed by atoms with Gasteiger partial charge >= 0.3 is 0 Å². The molecule has 0 unspecified atom stereocenters. The van der Waals surface area contributed by atoms with Crippen molar-refractivity contribution in [2.45, 2.75) is 6.92 Å². The Hall–Kier alpha value is -0.980. The second-order valence-electron chi connectivity index (χ2n) is 4.11. The molecule has 1 N–H and O–H groups in total. The molecular weight excluding hydrogens is 238 g/mol. The number of rotatable bonds is 3. The second kappa shape index (κ2) is 5.57. The largest absolute Gasteiger partial charge is 0.395 e. The molecule has 2 rings (SSSR count). The van der Waals surface area contributed by atoms with Gasteiger partial charge in [-0.2, -0.15) is 0 Å². The standard InChI is InChI=1S/C11H17N3O2S/c1-9-12-10(8-17-9)11(16)14-4-2-13(3-5-14)6-7-15/h8,15H,2-7H2,1H3. The smallest absolute Gasteiger partial charge is 0.273 e. The maximum atomic E-state index is 12.1.